The van der Waals surface area contributed by atoms with Crippen LogP contribution in [-0.4, -0.2) is 11.3 Å². The molecule has 1 aromatic rings. The third kappa shape index (κ3) is 1.89. The highest BCUT2D eigenvalue weighted by atomic mass is 32.1. The van der Waals surface area contributed by atoms with E-state index in [2.05, 4.69) is 0 Å². The minimum atomic E-state index is -4.45. The van der Waals surface area contributed by atoms with Crippen LogP contribution in [0, 0.1) is 0 Å². The number of thiophene rings is 1. The summed E-state index contributed by atoms with van der Waals surface area (Å²) in [4.78, 5) is -0.0833. The summed E-state index contributed by atoms with van der Waals surface area (Å²) in [6.07, 6.45) is -4.45. The van der Waals surface area contributed by atoms with Gasteiger partial charge in [-0.3, -0.25) is 0 Å². The first-order valence-electron chi connectivity index (χ1n) is 3.02. The molecule has 0 radical (unpaired) electrons. The number of aromatic hydroxyl groups is 1. The van der Waals surface area contributed by atoms with Crippen LogP contribution in [0.1, 0.15) is 10.9 Å². The Morgan fingerprint density at radius 2 is 2.00 bits per heavy atom. The van der Waals surface area contributed by atoms with Crippen molar-refractivity contribution < 1.29 is 18.3 Å². The summed E-state index contributed by atoms with van der Waals surface area (Å²) in [5.41, 5.74) is 4.86. The predicted molar refractivity (Wildman–Crippen MR) is 39.0 cm³/mol. The van der Waals surface area contributed by atoms with Crippen molar-refractivity contribution in [1.82, 2.24) is 0 Å². The Labute approximate surface area is 70.4 Å². The molecule has 0 unspecified atom stereocenters. The first-order chi connectivity index (χ1) is 5.41. The monoisotopic (exact) mass is 197 g/mol. The van der Waals surface area contributed by atoms with E-state index < -0.39 is 12.2 Å². The highest BCUT2D eigenvalue weighted by molar-refractivity contribution is 7.13. The molecular formula is C6H6F3NOS. The van der Waals surface area contributed by atoms with Crippen molar-refractivity contribution in [3.05, 3.63) is 17.0 Å². The molecular weight excluding hydrogens is 191 g/mol. The fraction of sp³-hybridized carbons (Fsp3) is 0.333. The molecule has 0 fully saturated rings. The molecule has 0 spiro atoms. The van der Waals surface area contributed by atoms with Crippen molar-refractivity contribution in [3.8, 4) is 5.06 Å². The summed E-state index contributed by atoms with van der Waals surface area (Å²) in [5, 5.41) is 8.60. The van der Waals surface area contributed by atoms with E-state index in [4.69, 9.17) is 10.8 Å². The SMILES string of the molecule is N[C@H](c1ccc(O)s1)C(F)(F)F. The summed E-state index contributed by atoms with van der Waals surface area (Å²) in [6, 6.07) is 0.354. The zero-order valence-electron chi connectivity index (χ0n) is 5.80. The van der Waals surface area contributed by atoms with Crippen molar-refractivity contribution >= 4 is 11.3 Å². The van der Waals surface area contributed by atoms with Crippen molar-refractivity contribution in [3.63, 3.8) is 0 Å². The number of alkyl halides is 3. The smallest absolute Gasteiger partial charge is 0.408 e. The maximum atomic E-state index is 11.9. The lowest BCUT2D eigenvalue weighted by Gasteiger charge is -2.12. The molecule has 1 heterocycles. The van der Waals surface area contributed by atoms with Crippen LogP contribution in [0.4, 0.5) is 13.2 Å². The number of hydrogen-bond acceptors (Lipinski definition) is 3. The van der Waals surface area contributed by atoms with Gasteiger partial charge >= 0.3 is 6.18 Å². The van der Waals surface area contributed by atoms with Crippen molar-refractivity contribution in [1.29, 1.82) is 0 Å². The second kappa shape index (κ2) is 2.95. The molecule has 68 valence electrons. The lowest BCUT2D eigenvalue weighted by Crippen LogP contribution is -2.27. The van der Waals surface area contributed by atoms with Crippen molar-refractivity contribution in [2.45, 2.75) is 12.2 Å². The highest BCUT2D eigenvalue weighted by Gasteiger charge is 2.38. The van der Waals surface area contributed by atoms with E-state index in [0.29, 0.717) is 11.3 Å². The third-order valence-electron chi connectivity index (χ3n) is 1.27. The Morgan fingerprint density at radius 1 is 1.42 bits per heavy atom. The molecule has 1 aromatic heterocycles. The van der Waals surface area contributed by atoms with Gasteiger partial charge < -0.3 is 10.8 Å². The van der Waals surface area contributed by atoms with Crippen LogP contribution in [-0.2, 0) is 0 Å². The minimum absolute atomic E-state index is 0.0833. The van der Waals surface area contributed by atoms with E-state index in [1.54, 1.807) is 0 Å². The average Bonchev–Trinajstić information content (AvgIpc) is 2.32. The number of rotatable bonds is 1. The molecule has 0 aliphatic carbocycles. The van der Waals surface area contributed by atoms with Crippen LogP contribution in [0.3, 0.4) is 0 Å². The molecule has 6 heteroatoms. The van der Waals surface area contributed by atoms with E-state index >= 15 is 0 Å². The van der Waals surface area contributed by atoms with Gasteiger partial charge in [-0.2, -0.15) is 13.2 Å². The molecule has 0 aromatic carbocycles. The fourth-order valence-corrected chi connectivity index (χ4v) is 1.44. The van der Waals surface area contributed by atoms with Crippen molar-refractivity contribution in [2.24, 2.45) is 5.73 Å². The zero-order valence-corrected chi connectivity index (χ0v) is 6.62. The van der Waals surface area contributed by atoms with Crippen LogP contribution in [0.25, 0.3) is 0 Å². The van der Waals surface area contributed by atoms with Gasteiger partial charge in [0.05, 0.1) is 0 Å². The second-order valence-electron chi connectivity index (χ2n) is 2.20. The van der Waals surface area contributed by atoms with Crippen LogP contribution in [0.2, 0.25) is 0 Å². The second-order valence-corrected chi connectivity index (χ2v) is 3.29. The van der Waals surface area contributed by atoms with Crippen LogP contribution in [0.15, 0.2) is 12.1 Å². The van der Waals surface area contributed by atoms with Gasteiger partial charge in [0.15, 0.2) is 5.06 Å². The van der Waals surface area contributed by atoms with E-state index in [-0.39, 0.29) is 9.94 Å². The standard InChI is InChI=1S/C6H6F3NOS/c7-6(8,9)5(10)3-1-2-4(11)12-3/h1-2,5,11H,10H2/t5-/m1/s1. The van der Waals surface area contributed by atoms with Crippen LogP contribution in [0.5, 0.6) is 5.06 Å². The lowest BCUT2D eigenvalue weighted by molar-refractivity contribution is -0.148. The largest absolute Gasteiger partial charge is 0.499 e. The Hall–Kier alpha value is -0.750. The van der Waals surface area contributed by atoms with Crippen LogP contribution >= 0.6 is 11.3 Å². The van der Waals surface area contributed by atoms with Gasteiger partial charge in [0.1, 0.15) is 6.04 Å². The first kappa shape index (κ1) is 9.34. The van der Waals surface area contributed by atoms with Gasteiger partial charge in [0.2, 0.25) is 0 Å². The van der Waals surface area contributed by atoms with E-state index in [1.807, 2.05) is 0 Å². The van der Waals surface area contributed by atoms with E-state index in [9.17, 15) is 13.2 Å². The quantitative estimate of drug-likeness (QED) is 0.723. The molecule has 0 bridgehead atoms. The predicted octanol–water partition coefficient (Wildman–Crippen LogP) is 2.02. The Kier molecular flexibility index (Phi) is 2.29. The normalized spacial score (nSPS) is 14.7. The maximum absolute atomic E-state index is 11.9. The molecule has 0 aliphatic heterocycles. The minimum Gasteiger partial charge on any atom is -0.499 e. The van der Waals surface area contributed by atoms with Gasteiger partial charge in [-0.25, -0.2) is 0 Å². The van der Waals surface area contributed by atoms with E-state index in [0.717, 1.165) is 6.07 Å². The molecule has 1 rings (SSSR count). The van der Waals surface area contributed by atoms with Crippen LogP contribution < -0.4 is 5.73 Å². The Bertz CT molecular complexity index is 270. The Balaban J connectivity index is 2.85. The molecule has 0 amide bonds. The summed E-state index contributed by atoms with van der Waals surface area (Å²) in [7, 11) is 0. The summed E-state index contributed by atoms with van der Waals surface area (Å²) < 4.78 is 35.8. The number of hydrogen-bond donors (Lipinski definition) is 2. The maximum Gasteiger partial charge on any atom is 0.408 e. The zero-order chi connectivity index (χ0) is 9.35. The topological polar surface area (TPSA) is 46.2 Å². The van der Waals surface area contributed by atoms with E-state index in [1.165, 1.54) is 6.07 Å². The molecule has 0 saturated carbocycles. The average molecular weight is 197 g/mol. The summed E-state index contributed by atoms with van der Waals surface area (Å²) >= 11 is 0.633. The fourth-order valence-electron chi connectivity index (χ4n) is 0.671. The van der Waals surface area contributed by atoms with Gasteiger partial charge in [-0.1, -0.05) is 0 Å². The third-order valence-corrected chi connectivity index (χ3v) is 2.24. The summed E-state index contributed by atoms with van der Waals surface area (Å²) in [6.45, 7) is 0. The highest BCUT2D eigenvalue weighted by Crippen LogP contribution is 2.35. The van der Waals surface area contributed by atoms with Gasteiger partial charge in [-0.05, 0) is 12.1 Å². The van der Waals surface area contributed by atoms with Gasteiger partial charge in [0, 0.05) is 4.88 Å². The molecule has 12 heavy (non-hydrogen) atoms. The lowest BCUT2D eigenvalue weighted by atomic mass is 10.2. The summed E-state index contributed by atoms with van der Waals surface area (Å²) in [5.74, 6) is 0. The Morgan fingerprint density at radius 3 is 2.33 bits per heavy atom. The van der Waals surface area contributed by atoms with Gasteiger partial charge in [-0.15, -0.1) is 11.3 Å². The molecule has 3 N–H and O–H groups in total. The molecule has 1 atom stereocenters. The van der Waals surface area contributed by atoms with Crippen molar-refractivity contribution in [2.75, 3.05) is 0 Å². The molecule has 2 nitrogen and oxygen atoms in total. The molecule has 0 saturated heterocycles. The first-order valence-corrected chi connectivity index (χ1v) is 3.84. The molecule has 0 aliphatic rings. The number of nitrogens with two attached hydrogens (primary N) is 1. The number of halogens is 3. The van der Waals surface area contributed by atoms with Gasteiger partial charge in [0.25, 0.3) is 0 Å².